The lowest BCUT2D eigenvalue weighted by molar-refractivity contribution is -0.144. The van der Waals surface area contributed by atoms with Crippen LogP contribution in [0.15, 0.2) is 84.9 Å². The maximum absolute atomic E-state index is 14.3. The molecule has 106 heavy (non-hydrogen) atoms. The molecule has 6 heterocycles. The van der Waals surface area contributed by atoms with Crippen molar-refractivity contribution < 1.29 is 109 Å². The van der Waals surface area contributed by atoms with Crippen LogP contribution in [0.5, 0.6) is 0 Å². The van der Waals surface area contributed by atoms with Gasteiger partial charge in [0, 0.05) is 55.5 Å². The summed E-state index contributed by atoms with van der Waals surface area (Å²) < 4.78 is 206. The summed E-state index contributed by atoms with van der Waals surface area (Å²) in [5, 5.41) is 20.9. The number of aryl methyl sites for hydroxylation is 5. The van der Waals surface area contributed by atoms with Crippen LogP contribution < -0.4 is 0 Å². The Morgan fingerprint density at radius 2 is 0.868 bits per heavy atom. The molecule has 0 fully saturated rings. The third kappa shape index (κ3) is 20.7. The molecular formula is C72H85F13N8O11Si2. The monoisotopic (exact) mass is 1540 g/mol. The second-order valence-electron chi connectivity index (χ2n) is 27.3. The highest BCUT2D eigenvalue weighted by Crippen LogP contribution is 2.40. The topological polar surface area (TPSA) is 221 Å². The number of halogens is 13. The molecule has 0 amide bonds. The zero-order chi connectivity index (χ0) is 79.5. The Labute approximate surface area is 604 Å². The van der Waals surface area contributed by atoms with Crippen LogP contribution in [0.1, 0.15) is 129 Å². The molecule has 0 aliphatic heterocycles. The Morgan fingerprint density at radius 1 is 0.491 bits per heavy atom. The molecule has 0 saturated carbocycles. The Balaban J connectivity index is 0.000000213. The number of aliphatic hydroxyl groups is 1. The molecule has 578 valence electrons. The van der Waals surface area contributed by atoms with Crippen LogP contribution in [-0.4, -0.2) is 133 Å². The molecule has 0 spiro atoms. The first-order valence-corrected chi connectivity index (χ1v) is 38.5. The highest BCUT2D eigenvalue weighted by Gasteiger charge is 2.40. The van der Waals surface area contributed by atoms with Gasteiger partial charge >= 0.3 is 36.2 Å². The van der Waals surface area contributed by atoms with Crippen LogP contribution in [-0.2, 0) is 86.2 Å². The molecule has 10 aromatic rings. The minimum atomic E-state index is -4.61. The van der Waals surface area contributed by atoms with E-state index >= 15 is 0 Å². The number of carbonyl (C=O) groups is 4. The number of esters is 4. The van der Waals surface area contributed by atoms with Crippen molar-refractivity contribution in [1.82, 2.24) is 38.7 Å². The van der Waals surface area contributed by atoms with Crippen molar-refractivity contribution in [2.45, 2.75) is 150 Å². The number of aliphatic hydroxyl groups excluding tert-OH is 1. The average Bonchev–Trinajstić information content (AvgIpc) is 1.67. The first-order valence-electron chi connectivity index (χ1n) is 32.7. The van der Waals surface area contributed by atoms with Gasteiger partial charge in [-0.1, -0.05) is 41.5 Å². The van der Waals surface area contributed by atoms with Crippen molar-refractivity contribution in [3.8, 4) is 0 Å². The summed E-state index contributed by atoms with van der Waals surface area (Å²) >= 11 is 0. The predicted molar refractivity (Wildman–Crippen MR) is 377 cm³/mol. The molecule has 0 bridgehead atoms. The maximum atomic E-state index is 14.3. The SMILES string of the molecule is COC(=O)c1cc2cc(CO)n(CCF)c2cc1F.COC(=O)c1cc2cc(CO[Si](C)(C)C(C)(C)C)[nH]c2cc1F.COC(=O)c1cc2cc(CO[Si](C)(C)C(C)(C)C)n(CCF)c2cc1F.COC(=O)c1cc2cc(Cn3nc(C)cc3C(F)(F)F)n(CCF)c2cc1F.Cc1cc(C(F)(F)F)n[nH]1. The lowest BCUT2D eigenvalue weighted by Crippen LogP contribution is -2.40. The number of alkyl halides is 9. The molecule has 0 aliphatic rings. The number of ether oxygens (including phenoxy) is 4. The average molecular weight is 1540 g/mol. The van der Waals surface area contributed by atoms with E-state index in [-0.39, 0.29) is 76.3 Å². The smallest absolute Gasteiger partial charge is 0.435 e. The van der Waals surface area contributed by atoms with Crippen molar-refractivity contribution in [1.29, 1.82) is 0 Å². The first kappa shape index (κ1) is 85.7. The minimum absolute atomic E-state index is 0.0242. The van der Waals surface area contributed by atoms with E-state index in [1.807, 2.05) is 12.1 Å². The molecule has 0 saturated heterocycles. The summed E-state index contributed by atoms with van der Waals surface area (Å²) in [7, 11) is 0.879. The van der Waals surface area contributed by atoms with Gasteiger partial charge in [0.1, 0.15) is 49.0 Å². The third-order valence-corrected chi connectivity index (χ3v) is 26.9. The van der Waals surface area contributed by atoms with Crippen LogP contribution in [0.4, 0.5) is 57.1 Å². The van der Waals surface area contributed by atoms with E-state index < -0.39 is 108 Å². The quantitative estimate of drug-likeness (QED) is 0.0297. The highest BCUT2D eigenvalue weighted by atomic mass is 28.4. The summed E-state index contributed by atoms with van der Waals surface area (Å²) in [5.41, 5.74) is 2.37. The second kappa shape index (κ2) is 35.0. The molecule has 34 heteroatoms. The van der Waals surface area contributed by atoms with Gasteiger partial charge in [-0.3, -0.25) is 9.78 Å². The van der Waals surface area contributed by atoms with Crippen LogP contribution >= 0.6 is 0 Å². The molecule has 10 rings (SSSR count). The number of aromatic amines is 2. The highest BCUT2D eigenvalue weighted by molar-refractivity contribution is 6.74. The number of H-pyrrole nitrogens is 2. The van der Waals surface area contributed by atoms with Crippen LogP contribution in [0.3, 0.4) is 0 Å². The van der Waals surface area contributed by atoms with Gasteiger partial charge < -0.3 is 51.6 Å². The Kier molecular flexibility index (Phi) is 28.3. The van der Waals surface area contributed by atoms with Crippen LogP contribution in [0.25, 0.3) is 43.6 Å². The van der Waals surface area contributed by atoms with E-state index in [1.165, 1.54) is 86.8 Å². The standard InChI is InChI=1S/C19H27F2NO3Si.C18H16F5N3O2.C17H24FNO3Si.C13H13F2NO3.C5H5F3N2/c1-19(2,3)26(5,6)25-12-14-9-13-10-15(18(23)24-4)16(21)11-17(13)22(14)8-7-20;1-10-5-16(18(21,22)23)26(24-10)9-12-6-11-7-13(17(27)28-2)14(20)8-15(11)25(12)4-3-19;1-17(2,3)23(5,6)22-10-12-7-11-8-13(16(20)21-4)14(18)9-15(11)19-12;1-19-13(18)10-5-8-4-9(7-17)16(3-2-14)12(8)6-11(10)15;1-3-2-4(10-9-3)5(6,7)8/h9-11H,7-8,12H2,1-6H3;5-8H,3-4,9H2,1-2H3;7-9,19H,10H2,1-6H3;4-6,17H,2-3,7H2,1H3;2H,1H3,(H,9,10). The fourth-order valence-corrected chi connectivity index (χ4v) is 12.3. The number of carbonyl (C=O) groups excluding carboxylic acids is 4. The molecule has 0 atom stereocenters. The molecule has 0 radical (unpaired) electrons. The Bertz CT molecular complexity index is 4750. The predicted octanol–water partition coefficient (Wildman–Crippen LogP) is 17.5. The number of methoxy groups -OCH3 is 4. The number of nitrogens with zero attached hydrogens (tertiary/aromatic N) is 6. The van der Waals surface area contributed by atoms with E-state index in [0.717, 1.165) is 52.8 Å². The second-order valence-corrected chi connectivity index (χ2v) is 36.9. The summed E-state index contributed by atoms with van der Waals surface area (Å²) in [6, 6.07) is 18.9. The zero-order valence-corrected chi connectivity index (χ0v) is 63.3. The van der Waals surface area contributed by atoms with E-state index in [9.17, 15) is 81.4 Å². The summed E-state index contributed by atoms with van der Waals surface area (Å²) in [6.45, 7) is 22.7. The van der Waals surface area contributed by atoms with Gasteiger partial charge in [-0.25, -0.2) is 49.9 Å². The molecule has 3 N–H and O–H groups in total. The summed E-state index contributed by atoms with van der Waals surface area (Å²) in [5.74, 6) is -5.95. The fourth-order valence-electron chi connectivity index (χ4n) is 10.4. The Morgan fingerprint density at radius 3 is 1.23 bits per heavy atom. The fraction of sp³-hybridized carbons (Fsp3) is 0.417. The van der Waals surface area contributed by atoms with Gasteiger partial charge in [0.15, 0.2) is 22.3 Å². The number of nitrogens with one attached hydrogen (secondary N) is 2. The lowest BCUT2D eigenvalue weighted by atomic mass is 10.1. The van der Waals surface area contributed by atoms with Gasteiger partial charge in [-0.15, -0.1) is 0 Å². The number of rotatable bonds is 19. The van der Waals surface area contributed by atoms with Crippen molar-refractivity contribution in [3.63, 3.8) is 0 Å². The van der Waals surface area contributed by atoms with Gasteiger partial charge in [0.2, 0.25) is 0 Å². The van der Waals surface area contributed by atoms with Crippen molar-refractivity contribution in [3.05, 3.63) is 176 Å². The van der Waals surface area contributed by atoms with Crippen molar-refractivity contribution in [2.24, 2.45) is 0 Å². The zero-order valence-electron chi connectivity index (χ0n) is 61.3. The van der Waals surface area contributed by atoms with E-state index in [1.54, 1.807) is 10.6 Å². The number of benzene rings is 4. The summed E-state index contributed by atoms with van der Waals surface area (Å²) in [4.78, 5) is 49.5. The molecule has 19 nitrogen and oxygen atoms in total. The lowest BCUT2D eigenvalue weighted by Gasteiger charge is -2.36. The van der Waals surface area contributed by atoms with Crippen molar-refractivity contribution in [2.75, 3.05) is 48.5 Å². The summed E-state index contributed by atoms with van der Waals surface area (Å²) in [6.07, 6.45) is -8.94. The largest absolute Gasteiger partial charge is 0.465 e. The van der Waals surface area contributed by atoms with E-state index in [0.29, 0.717) is 63.0 Å². The van der Waals surface area contributed by atoms with Gasteiger partial charge in [0.25, 0.3) is 0 Å². The molecule has 0 unspecified atom stereocenters. The molecule has 6 aromatic heterocycles. The molecule has 4 aromatic carbocycles. The molecule has 0 aliphatic carbocycles. The third-order valence-electron chi connectivity index (χ3n) is 18.0. The van der Waals surface area contributed by atoms with Crippen molar-refractivity contribution >= 4 is 84.1 Å². The van der Waals surface area contributed by atoms with Gasteiger partial charge in [-0.2, -0.15) is 36.5 Å². The maximum Gasteiger partial charge on any atom is 0.435 e. The number of aromatic nitrogens is 8. The van der Waals surface area contributed by atoms with Crippen LogP contribution in [0, 0.1) is 37.1 Å². The number of fused-ring (bicyclic) bond motifs is 4. The van der Waals surface area contributed by atoms with E-state index in [2.05, 4.69) is 107 Å². The van der Waals surface area contributed by atoms with Gasteiger partial charge in [0.05, 0.1) is 119 Å². The number of hydrogen-bond acceptors (Lipinski definition) is 13. The van der Waals surface area contributed by atoms with E-state index in [4.69, 9.17) is 8.85 Å². The normalized spacial score (nSPS) is 12.1. The minimum Gasteiger partial charge on any atom is -0.465 e. The van der Waals surface area contributed by atoms with Crippen LogP contribution in [0.2, 0.25) is 36.3 Å². The Hall–Kier alpha value is -9.26. The first-order chi connectivity index (χ1) is 49.3. The molecular weight excluding hydrogens is 1460 g/mol. The van der Waals surface area contributed by atoms with Gasteiger partial charge in [-0.05, 0) is 135 Å². The number of hydrogen-bond donors (Lipinski definition) is 3.